The number of likely N-dealkylation sites (tertiary alicyclic amines) is 1. The molecule has 3 rings (SSSR count). The number of hydrogen-bond acceptors (Lipinski definition) is 4. The number of hydroxylamine groups is 2. The van der Waals surface area contributed by atoms with E-state index >= 15 is 0 Å². The van der Waals surface area contributed by atoms with Crippen LogP contribution >= 0.6 is 0 Å². The summed E-state index contributed by atoms with van der Waals surface area (Å²) in [5, 5.41) is 1.25. The van der Waals surface area contributed by atoms with Crippen molar-refractivity contribution in [3.05, 3.63) is 35.4 Å². The van der Waals surface area contributed by atoms with Crippen molar-refractivity contribution in [2.75, 3.05) is 19.7 Å². The van der Waals surface area contributed by atoms with Crippen LogP contribution in [-0.2, 0) is 14.4 Å². The molecule has 0 aromatic heterocycles. The Morgan fingerprint density at radius 1 is 1.07 bits per heavy atom. The summed E-state index contributed by atoms with van der Waals surface area (Å²) in [5.41, 5.74) is -0.185. The average Bonchev–Trinajstić information content (AvgIpc) is 3.08. The highest BCUT2D eigenvalue weighted by atomic mass is 19.1. The summed E-state index contributed by atoms with van der Waals surface area (Å²) in [6.07, 6.45) is 1.07. The summed E-state index contributed by atoms with van der Waals surface area (Å²) in [6, 6.07) is 2.75. The fourth-order valence-corrected chi connectivity index (χ4v) is 3.57. The third-order valence-corrected chi connectivity index (χ3v) is 4.89. The van der Waals surface area contributed by atoms with Crippen LogP contribution < -0.4 is 0 Å². The van der Waals surface area contributed by atoms with Crippen LogP contribution in [0.3, 0.4) is 0 Å². The van der Waals surface area contributed by atoms with E-state index in [-0.39, 0.29) is 17.9 Å². The van der Waals surface area contributed by atoms with E-state index < -0.39 is 23.3 Å². The third-order valence-electron chi connectivity index (χ3n) is 4.89. The van der Waals surface area contributed by atoms with Crippen LogP contribution in [0.25, 0.3) is 0 Å². The van der Waals surface area contributed by atoms with Crippen molar-refractivity contribution in [3.8, 4) is 0 Å². The second kappa shape index (κ2) is 8.03. The summed E-state index contributed by atoms with van der Waals surface area (Å²) in [6.45, 7) is 6.56. The van der Waals surface area contributed by atoms with Gasteiger partial charge in [0.2, 0.25) is 5.91 Å². The Hall–Kier alpha value is -2.22. The van der Waals surface area contributed by atoms with Crippen molar-refractivity contribution in [2.24, 2.45) is 5.92 Å². The van der Waals surface area contributed by atoms with Gasteiger partial charge in [0.05, 0.1) is 12.6 Å². The van der Waals surface area contributed by atoms with Gasteiger partial charge < -0.3 is 9.64 Å². The average molecular weight is 396 g/mol. The maximum atomic E-state index is 13.6. The van der Waals surface area contributed by atoms with Crippen molar-refractivity contribution in [1.82, 2.24) is 9.96 Å². The summed E-state index contributed by atoms with van der Waals surface area (Å²) in [5.74, 6) is -1.88. The first-order valence-corrected chi connectivity index (χ1v) is 9.54. The molecule has 2 saturated heterocycles. The summed E-state index contributed by atoms with van der Waals surface area (Å²) >= 11 is 0. The first-order chi connectivity index (χ1) is 13.1. The second-order valence-corrected chi connectivity index (χ2v) is 8.25. The van der Waals surface area contributed by atoms with Crippen LogP contribution in [0.15, 0.2) is 18.2 Å². The highest BCUT2D eigenvalue weighted by molar-refractivity contribution is 5.79. The SMILES string of the molecule is CC(C)(C)OC(=O)N1CCC(C(=O)N2OCC[C@H]2c2cc(F)cc(F)c2)CC1. The number of hydrogen-bond donors (Lipinski definition) is 0. The normalized spacial score (nSPS) is 21.1. The number of halogens is 2. The molecule has 0 N–H and O–H groups in total. The molecule has 0 saturated carbocycles. The quantitative estimate of drug-likeness (QED) is 0.763. The minimum absolute atomic E-state index is 0.212. The maximum absolute atomic E-state index is 13.6. The van der Waals surface area contributed by atoms with Crippen LogP contribution in [0, 0.1) is 17.6 Å². The van der Waals surface area contributed by atoms with Gasteiger partial charge in [0, 0.05) is 31.5 Å². The predicted molar refractivity (Wildman–Crippen MR) is 97.0 cm³/mol. The van der Waals surface area contributed by atoms with Crippen molar-refractivity contribution < 1.29 is 27.9 Å². The molecular weight excluding hydrogens is 370 g/mol. The van der Waals surface area contributed by atoms with Crippen LogP contribution in [0.5, 0.6) is 0 Å². The van der Waals surface area contributed by atoms with Gasteiger partial charge in [-0.3, -0.25) is 9.63 Å². The monoisotopic (exact) mass is 396 g/mol. The fraction of sp³-hybridized carbons (Fsp3) is 0.600. The van der Waals surface area contributed by atoms with Gasteiger partial charge >= 0.3 is 6.09 Å². The van der Waals surface area contributed by atoms with Gasteiger partial charge in [0.15, 0.2) is 0 Å². The molecule has 0 bridgehead atoms. The van der Waals surface area contributed by atoms with Crippen LogP contribution in [-0.4, -0.2) is 47.3 Å². The van der Waals surface area contributed by atoms with E-state index in [1.54, 1.807) is 25.7 Å². The van der Waals surface area contributed by atoms with E-state index in [0.717, 1.165) is 6.07 Å². The number of nitrogens with zero attached hydrogens (tertiary/aromatic N) is 2. The first kappa shape index (κ1) is 20.5. The second-order valence-electron chi connectivity index (χ2n) is 8.25. The Kier molecular flexibility index (Phi) is 5.88. The molecule has 2 heterocycles. The number of rotatable bonds is 2. The fourth-order valence-electron chi connectivity index (χ4n) is 3.57. The zero-order chi connectivity index (χ0) is 20.5. The zero-order valence-electron chi connectivity index (χ0n) is 16.4. The number of carbonyl (C=O) groups excluding carboxylic acids is 2. The molecule has 154 valence electrons. The van der Waals surface area contributed by atoms with E-state index in [0.29, 0.717) is 44.5 Å². The van der Waals surface area contributed by atoms with Gasteiger partial charge in [-0.05, 0) is 51.3 Å². The van der Waals surface area contributed by atoms with Crippen molar-refractivity contribution in [3.63, 3.8) is 0 Å². The Bertz CT molecular complexity index is 722. The van der Waals surface area contributed by atoms with Crippen molar-refractivity contribution in [1.29, 1.82) is 0 Å². The molecule has 2 aliphatic heterocycles. The molecule has 6 nitrogen and oxygen atoms in total. The minimum atomic E-state index is -0.681. The molecule has 1 atom stereocenters. The van der Waals surface area contributed by atoms with E-state index in [4.69, 9.17) is 9.57 Å². The Labute approximate surface area is 163 Å². The highest BCUT2D eigenvalue weighted by Crippen LogP contribution is 2.34. The first-order valence-electron chi connectivity index (χ1n) is 9.54. The van der Waals surface area contributed by atoms with E-state index in [1.807, 2.05) is 0 Å². The molecule has 2 aliphatic rings. The van der Waals surface area contributed by atoms with E-state index in [2.05, 4.69) is 0 Å². The number of amides is 2. The van der Waals surface area contributed by atoms with Crippen molar-refractivity contribution >= 4 is 12.0 Å². The Morgan fingerprint density at radius 3 is 2.25 bits per heavy atom. The molecule has 0 aliphatic carbocycles. The summed E-state index contributed by atoms with van der Waals surface area (Å²) in [7, 11) is 0. The number of piperidine rings is 1. The van der Waals surface area contributed by atoms with E-state index in [9.17, 15) is 18.4 Å². The van der Waals surface area contributed by atoms with Gasteiger partial charge in [-0.15, -0.1) is 0 Å². The molecule has 28 heavy (non-hydrogen) atoms. The molecule has 0 unspecified atom stereocenters. The molecule has 2 fully saturated rings. The molecule has 2 amide bonds. The van der Waals surface area contributed by atoms with Gasteiger partial charge in [-0.25, -0.2) is 18.6 Å². The largest absolute Gasteiger partial charge is 0.444 e. The topological polar surface area (TPSA) is 59.1 Å². The van der Waals surface area contributed by atoms with Gasteiger partial charge in [-0.2, -0.15) is 0 Å². The standard InChI is InChI=1S/C20H26F2N2O4/c1-20(2,3)28-19(26)23-7-4-13(5-8-23)18(25)24-17(6-9-27-24)14-10-15(21)12-16(22)11-14/h10-13,17H,4-9H2,1-3H3/t17-/m0/s1. The smallest absolute Gasteiger partial charge is 0.410 e. The van der Waals surface area contributed by atoms with Gasteiger partial charge in [-0.1, -0.05) is 0 Å². The van der Waals surface area contributed by atoms with Gasteiger partial charge in [0.25, 0.3) is 0 Å². The number of carbonyl (C=O) groups is 2. The van der Waals surface area contributed by atoms with Crippen LogP contribution in [0.2, 0.25) is 0 Å². The summed E-state index contributed by atoms with van der Waals surface area (Å²) < 4.78 is 32.5. The zero-order valence-corrected chi connectivity index (χ0v) is 16.4. The Balaban J connectivity index is 1.62. The lowest BCUT2D eigenvalue weighted by molar-refractivity contribution is -0.183. The number of ether oxygens (including phenoxy) is 1. The summed E-state index contributed by atoms with van der Waals surface area (Å²) in [4.78, 5) is 32.2. The predicted octanol–water partition coefficient (Wildman–Crippen LogP) is 3.82. The molecule has 1 aromatic rings. The van der Waals surface area contributed by atoms with E-state index in [1.165, 1.54) is 17.2 Å². The number of benzene rings is 1. The molecule has 0 spiro atoms. The highest BCUT2D eigenvalue weighted by Gasteiger charge is 2.38. The molecule has 1 aromatic carbocycles. The Morgan fingerprint density at radius 2 is 1.68 bits per heavy atom. The van der Waals surface area contributed by atoms with Crippen LogP contribution in [0.4, 0.5) is 13.6 Å². The molecule has 0 radical (unpaired) electrons. The molecule has 8 heteroatoms. The van der Waals surface area contributed by atoms with Crippen molar-refractivity contribution in [2.45, 2.75) is 51.7 Å². The maximum Gasteiger partial charge on any atom is 0.410 e. The minimum Gasteiger partial charge on any atom is -0.444 e. The van der Waals surface area contributed by atoms with Gasteiger partial charge in [0.1, 0.15) is 17.2 Å². The third kappa shape index (κ3) is 4.79. The van der Waals surface area contributed by atoms with Crippen LogP contribution in [0.1, 0.15) is 51.6 Å². The lowest BCUT2D eigenvalue weighted by Gasteiger charge is -2.34. The lowest BCUT2D eigenvalue weighted by atomic mass is 9.94. The lowest BCUT2D eigenvalue weighted by Crippen LogP contribution is -2.45. The molecular formula is C20H26F2N2O4.